The molecule has 0 spiro atoms. The molecule has 0 aliphatic carbocycles. The van der Waals surface area contributed by atoms with E-state index < -0.39 is 22.4 Å². The van der Waals surface area contributed by atoms with E-state index in [1.807, 2.05) is 0 Å². The van der Waals surface area contributed by atoms with Gasteiger partial charge in [0.1, 0.15) is 17.1 Å². The molecule has 1 aromatic carbocycles. The highest BCUT2D eigenvalue weighted by Gasteiger charge is 2.19. The average molecular weight is 364 g/mol. The van der Waals surface area contributed by atoms with Crippen LogP contribution in [0.5, 0.6) is 0 Å². The van der Waals surface area contributed by atoms with Crippen molar-refractivity contribution >= 4 is 34.4 Å². The lowest BCUT2D eigenvalue weighted by atomic mass is 10.1. The minimum atomic E-state index is -0.896. The van der Waals surface area contributed by atoms with E-state index in [0.29, 0.717) is 21.6 Å². The van der Waals surface area contributed by atoms with Crippen molar-refractivity contribution < 1.29 is 23.3 Å². The fraction of sp³-hybridized carbons (Fsp3) is 0.125. The van der Waals surface area contributed by atoms with Crippen LogP contribution >= 0.6 is 11.6 Å². The molecule has 0 aliphatic heterocycles. The van der Waals surface area contributed by atoms with Crippen LogP contribution in [0.4, 0.5) is 5.88 Å². The topological polar surface area (TPSA) is 113 Å². The number of nitrogens with zero attached hydrogens (tertiary/aromatic N) is 1. The van der Waals surface area contributed by atoms with Gasteiger partial charge in [-0.25, -0.2) is 9.59 Å². The monoisotopic (exact) mass is 363 g/mol. The molecule has 0 unspecified atom stereocenters. The van der Waals surface area contributed by atoms with Gasteiger partial charge in [0.15, 0.2) is 0 Å². The van der Waals surface area contributed by atoms with Crippen molar-refractivity contribution in [1.82, 2.24) is 0 Å². The number of carbonyl (C=O) groups excluding carboxylic acids is 1. The third-order valence-corrected chi connectivity index (χ3v) is 3.85. The molecule has 2 heterocycles. The number of hydrogen-bond acceptors (Lipinski definition) is 7. The summed E-state index contributed by atoms with van der Waals surface area (Å²) < 4.78 is 14.9. The number of hydrogen-bond donors (Lipinski definition) is 0. The zero-order valence-corrected chi connectivity index (χ0v) is 13.5. The maximum absolute atomic E-state index is 11.9. The van der Waals surface area contributed by atoms with Gasteiger partial charge in [0.25, 0.3) is 0 Å². The molecule has 0 radical (unpaired) electrons. The number of furan rings is 1. The van der Waals surface area contributed by atoms with Crippen molar-refractivity contribution in [2.75, 3.05) is 0 Å². The zero-order chi connectivity index (χ0) is 18.1. The van der Waals surface area contributed by atoms with Gasteiger partial charge in [0.05, 0.1) is 6.07 Å². The number of fused-ring (bicyclic) bond motifs is 1. The maximum atomic E-state index is 11.9. The Morgan fingerprint density at radius 3 is 2.72 bits per heavy atom. The van der Waals surface area contributed by atoms with Crippen molar-refractivity contribution in [3.05, 3.63) is 72.8 Å². The highest BCUT2D eigenvalue weighted by atomic mass is 35.5. The molecule has 0 fully saturated rings. The average Bonchev–Trinajstić information content (AvgIpc) is 3.04. The highest BCUT2D eigenvalue weighted by molar-refractivity contribution is 6.32. The standard InChI is InChI=1S/C16H10ClNO7/c1-8-4-13-10(6-11(8)17)9(5-15(19)25-13)7-23-16(20)12-2-3-14(24-12)18(21)22/h2-6H,7H2,1H3. The van der Waals surface area contributed by atoms with Gasteiger partial charge in [0, 0.05) is 22.0 Å². The molecule has 3 aromatic rings. The predicted octanol–water partition coefficient (Wildman–Crippen LogP) is 3.61. The number of halogens is 1. The van der Waals surface area contributed by atoms with Crippen LogP contribution in [0.2, 0.25) is 5.02 Å². The summed E-state index contributed by atoms with van der Waals surface area (Å²) in [6.07, 6.45) is 0. The first kappa shape index (κ1) is 16.7. The van der Waals surface area contributed by atoms with E-state index in [4.69, 9.17) is 25.2 Å². The number of nitro groups is 1. The van der Waals surface area contributed by atoms with Crippen LogP contribution in [0.3, 0.4) is 0 Å². The summed E-state index contributed by atoms with van der Waals surface area (Å²) in [6.45, 7) is 1.51. The van der Waals surface area contributed by atoms with Gasteiger partial charge >= 0.3 is 17.5 Å². The first-order valence-electron chi connectivity index (χ1n) is 6.99. The van der Waals surface area contributed by atoms with E-state index in [-0.39, 0.29) is 12.4 Å². The third kappa shape index (κ3) is 3.38. The smallest absolute Gasteiger partial charge is 0.433 e. The van der Waals surface area contributed by atoms with Crippen molar-refractivity contribution in [2.45, 2.75) is 13.5 Å². The summed E-state index contributed by atoms with van der Waals surface area (Å²) in [4.78, 5) is 33.4. The summed E-state index contributed by atoms with van der Waals surface area (Å²) in [5.41, 5.74) is 0.833. The molecule has 0 atom stereocenters. The Bertz CT molecular complexity index is 1050. The van der Waals surface area contributed by atoms with Gasteiger partial charge in [-0.15, -0.1) is 0 Å². The number of aryl methyl sites for hydroxylation is 1. The number of benzene rings is 1. The fourth-order valence-electron chi connectivity index (χ4n) is 2.22. The summed E-state index contributed by atoms with van der Waals surface area (Å²) in [5.74, 6) is -1.78. The van der Waals surface area contributed by atoms with E-state index in [9.17, 15) is 19.7 Å². The Labute approximate surface area is 144 Å². The Balaban J connectivity index is 1.87. The SMILES string of the molecule is Cc1cc2oc(=O)cc(COC(=O)c3ccc([N+](=O)[O-])o3)c2cc1Cl. The molecule has 0 amide bonds. The molecule has 3 rings (SSSR count). The number of carbonyl (C=O) groups is 1. The predicted molar refractivity (Wildman–Crippen MR) is 86.7 cm³/mol. The van der Waals surface area contributed by atoms with Crippen LogP contribution in [0.15, 0.2) is 44.0 Å². The normalized spacial score (nSPS) is 10.8. The lowest BCUT2D eigenvalue weighted by molar-refractivity contribution is -0.402. The van der Waals surface area contributed by atoms with Crippen LogP contribution in [0, 0.1) is 17.0 Å². The molecule has 25 heavy (non-hydrogen) atoms. The molecule has 2 aromatic heterocycles. The molecule has 0 saturated carbocycles. The molecule has 9 heteroatoms. The summed E-state index contributed by atoms with van der Waals surface area (Å²) in [7, 11) is 0. The van der Waals surface area contributed by atoms with Gasteiger partial charge in [-0.2, -0.15) is 0 Å². The minimum Gasteiger partial charge on any atom is -0.455 e. The largest absolute Gasteiger partial charge is 0.455 e. The first-order chi connectivity index (χ1) is 11.8. The fourth-order valence-corrected chi connectivity index (χ4v) is 2.38. The Morgan fingerprint density at radius 1 is 1.28 bits per heavy atom. The van der Waals surface area contributed by atoms with Gasteiger partial charge in [-0.1, -0.05) is 11.6 Å². The van der Waals surface area contributed by atoms with Gasteiger partial charge in [-0.3, -0.25) is 10.1 Å². The van der Waals surface area contributed by atoms with Crippen LogP contribution in [-0.2, 0) is 11.3 Å². The summed E-state index contributed by atoms with van der Waals surface area (Å²) >= 11 is 6.08. The van der Waals surface area contributed by atoms with E-state index in [0.717, 1.165) is 17.7 Å². The Morgan fingerprint density at radius 2 is 2.04 bits per heavy atom. The zero-order valence-electron chi connectivity index (χ0n) is 12.8. The number of esters is 1. The van der Waals surface area contributed by atoms with Crippen molar-refractivity contribution in [3.63, 3.8) is 0 Å². The molecule has 8 nitrogen and oxygen atoms in total. The lowest BCUT2D eigenvalue weighted by Crippen LogP contribution is -2.07. The van der Waals surface area contributed by atoms with E-state index >= 15 is 0 Å². The van der Waals surface area contributed by atoms with E-state index in [1.165, 1.54) is 6.07 Å². The van der Waals surface area contributed by atoms with Crippen LogP contribution in [0.25, 0.3) is 11.0 Å². The van der Waals surface area contributed by atoms with E-state index in [1.54, 1.807) is 19.1 Å². The lowest BCUT2D eigenvalue weighted by Gasteiger charge is -2.07. The Hall–Kier alpha value is -3.13. The molecular weight excluding hydrogens is 354 g/mol. The summed E-state index contributed by atoms with van der Waals surface area (Å²) in [5, 5.41) is 11.6. The molecule has 0 bridgehead atoms. The molecule has 0 N–H and O–H groups in total. The quantitative estimate of drug-likeness (QED) is 0.301. The van der Waals surface area contributed by atoms with Gasteiger partial charge < -0.3 is 13.6 Å². The van der Waals surface area contributed by atoms with Crippen molar-refractivity contribution in [1.29, 1.82) is 0 Å². The first-order valence-corrected chi connectivity index (χ1v) is 7.37. The number of rotatable bonds is 4. The molecular formula is C16H10ClNO7. The third-order valence-electron chi connectivity index (χ3n) is 3.44. The van der Waals surface area contributed by atoms with E-state index in [2.05, 4.69) is 0 Å². The van der Waals surface area contributed by atoms with Crippen molar-refractivity contribution in [2.24, 2.45) is 0 Å². The second-order valence-electron chi connectivity index (χ2n) is 5.16. The van der Waals surface area contributed by atoms with Crippen LogP contribution in [0.1, 0.15) is 21.7 Å². The minimum absolute atomic E-state index is 0.255. The molecule has 0 saturated heterocycles. The van der Waals surface area contributed by atoms with Gasteiger partial charge in [0.2, 0.25) is 5.76 Å². The second-order valence-corrected chi connectivity index (χ2v) is 5.57. The second kappa shape index (κ2) is 6.40. The number of ether oxygens (including phenoxy) is 1. The Kier molecular flexibility index (Phi) is 4.28. The van der Waals surface area contributed by atoms with Crippen LogP contribution in [-0.4, -0.2) is 10.9 Å². The molecule has 0 aliphatic rings. The van der Waals surface area contributed by atoms with Gasteiger partial charge in [-0.05, 0) is 30.7 Å². The molecule has 128 valence electrons. The summed E-state index contributed by atoms with van der Waals surface area (Å²) in [6, 6.07) is 6.59. The highest BCUT2D eigenvalue weighted by Crippen LogP contribution is 2.26. The van der Waals surface area contributed by atoms with Crippen molar-refractivity contribution in [3.8, 4) is 0 Å². The maximum Gasteiger partial charge on any atom is 0.433 e. The van der Waals surface area contributed by atoms with Crippen LogP contribution < -0.4 is 5.63 Å².